The molecule has 0 aromatic heterocycles. The fourth-order valence-electron chi connectivity index (χ4n) is 2.43. The molecule has 1 aliphatic rings. The van der Waals surface area contributed by atoms with Gasteiger partial charge in [-0.1, -0.05) is 18.2 Å². The molecule has 1 aliphatic heterocycles. The first-order valence-corrected chi connectivity index (χ1v) is 7.68. The smallest absolute Gasteiger partial charge is 0.407 e. The number of piperidine rings is 1. The van der Waals surface area contributed by atoms with Crippen molar-refractivity contribution in [2.24, 2.45) is 0 Å². The van der Waals surface area contributed by atoms with Crippen LogP contribution in [-0.4, -0.2) is 41.6 Å². The third-order valence-electron chi connectivity index (χ3n) is 3.50. The Morgan fingerprint density at radius 1 is 1.14 bits per heavy atom. The van der Waals surface area contributed by atoms with E-state index >= 15 is 0 Å². The van der Waals surface area contributed by atoms with Crippen molar-refractivity contribution in [1.82, 2.24) is 10.2 Å². The standard InChI is InChI=1S/C17H24N2O3/c1-17(2,3)18-16(21)22-14-9-11-19(12-10-14)15(20)13-7-5-4-6-8-13/h4-8,14H,9-12H2,1-3H3,(H,18,21). The summed E-state index contributed by atoms with van der Waals surface area (Å²) in [6.45, 7) is 6.96. The molecule has 1 heterocycles. The van der Waals surface area contributed by atoms with E-state index in [-0.39, 0.29) is 23.6 Å². The van der Waals surface area contributed by atoms with Gasteiger partial charge in [-0.15, -0.1) is 0 Å². The van der Waals surface area contributed by atoms with Gasteiger partial charge < -0.3 is 15.0 Å². The molecule has 1 saturated heterocycles. The second kappa shape index (κ2) is 6.81. The van der Waals surface area contributed by atoms with Gasteiger partial charge in [-0.25, -0.2) is 4.79 Å². The Balaban J connectivity index is 1.81. The number of amides is 2. The molecule has 0 aliphatic carbocycles. The molecule has 1 N–H and O–H groups in total. The highest BCUT2D eigenvalue weighted by atomic mass is 16.6. The Morgan fingerprint density at radius 2 is 1.73 bits per heavy atom. The van der Waals surface area contributed by atoms with Crippen molar-refractivity contribution in [2.75, 3.05) is 13.1 Å². The van der Waals surface area contributed by atoms with Crippen molar-refractivity contribution in [3.05, 3.63) is 35.9 Å². The van der Waals surface area contributed by atoms with Gasteiger partial charge in [0.05, 0.1) is 0 Å². The first-order valence-electron chi connectivity index (χ1n) is 7.68. The number of nitrogens with one attached hydrogen (secondary N) is 1. The van der Waals surface area contributed by atoms with E-state index in [1.165, 1.54) is 0 Å². The van der Waals surface area contributed by atoms with E-state index in [0.29, 0.717) is 31.5 Å². The number of ether oxygens (including phenoxy) is 1. The highest BCUT2D eigenvalue weighted by molar-refractivity contribution is 5.94. The minimum Gasteiger partial charge on any atom is -0.446 e. The van der Waals surface area contributed by atoms with E-state index in [2.05, 4.69) is 5.32 Å². The van der Waals surface area contributed by atoms with Crippen LogP contribution >= 0.6 is 0 Å². The van der Waals surface area contributed by atoms with Gasteiger partial charge in [-0.3, -0.25) is 4.79 Å². The van der Waals surface area contributed by atoms with E-state index in [1.54, 1.807) is 0 Å². The van der Waals surface area contributed by atoms with Crippen LogP contribution in [0.2, 0.25) is 0 Å². The highest BCUT2D eigenvalue weighted by Gasteiger charge is 2.26. The molecular weight excluding hydrogens is 280 g/mol. The number of hydrogen-bond donors (Lipinski definition) is 1. The van der Waals surface area contributed by atoms with Gasteiger partial charge in [-0.2, -0.15) is 0 Å². The van der Waals surface area contributed by atoms with Crippen molar-refractivity contribution in [3.8, 4) is 0 Å². The van der Waals surface area contributed by atoms with Gasteiger partial charge in [0.2, 0.25) is 0 Å². The third-order valence-corrected chi connectivity index (χ3v) is 3.50. The Kier molecular flexibility index (Phi) is 5.06. The Morgan fingerprint density at radius 3 is 2.27 bits per heavy atom. The molecule has 0 saturated carbocycles. The Labute approximate surface area is 131 Å². The van der Waals surface area contributed by atoms with Crippen molar-refractivity contribution >= 4 is 12.0 Å². The molecule has 1 aromatic rings. The maximum atomic E-state index is 12.3. The first kappa shape index (κ1) is 16.3. The van der Waals surface area contributed by atoms with Crippen LogP contribution < -0.4 is 5.32 Å². The normalized spacial score (nSPS) is 16.2. The molecular formula is C17H24N2O3. The lowest BCUT2D eigenvalue weighted by Crippen LogP contribution is -2.45. The maximum absolute atomic E-state index is 12.3. The average Bonchev–Trinajstić information content (AvgIpc) is 2.46. The summed E-state index contributed by atoms with van der Waals surface area (Å²) in [7, 11) is 0. The van der Waals surface area contributed by atoms with Gasteiger partial charge in [0.1, 0.15) is 6.10 Å². The van der Waals surface area contributed by atoms with Crippen molar-refractivity contribution < 1.29 is 14.3 Å². The number of nitrogens with zero attached hydrogens (tertiary/aromatic N) is 1. The van der Waals surface area contributed by atoms with Crippen LogP contribution in [0.3, 0.4) is 0 Å². The fraction of sp³-hybridized carbons (Fsp3) is 0.529. The molecule has 2 amide bonds. The lowest BCUT2D eigenvalue weighted by atomic mass is 10.1. The molecule has 0 radical (unpaired) electrons. The van der Waals surface area contributed by atoms with E-state index in [1.807, 2.05) is 56.0 Å². The van der Waals surface area contributed by atoms with Gasteiger partial charge in [0.15, 0.2) is 0 Å². The van der Waals surface area contributed by atoms with Gasteiger partial charge in [0.25, 0.3) is 5.91 Å². The largest absolute Gasteiger partial charge is 0.446 e. The predicted molar refractivity (Wildman–Crippen MR) is 84.7 cm³/mol. The van der Waals surface area contributed by atoms with Crippen molar-refractivity contribution in [1.29, 1.82) is 0 Å². The number of likely N-dealkylation sites (tertiary alicyclic amines) is 1. The topological polar surface area (TPSA) is 58.6 Å². The molecule has 1 aromatic carbocycles. The molecule has 0 bridgehead atoms. The van der Waals surface area contributed by atoms with E-state index in [9.17, 15) is 9.59 Å². The molecule has 22 heavy (non-hydrogen) atoms. The molecule has 5 nitrogen and oxygen atoms in total. The summed E-state index contributed by atoms with van der Waals surface area (Å²) < 4.78 is 5.41. The molecule has 2 rings (SSSR count). The quantitative estimate of drug-likeness (QED) is 0.914. The van der Waals surface area contributed by atoms with Crippen molar-refractivity contribution in [2.45, 2.75) is 45.3 Å². The van der Waals surface area contributed by atoms with Gasteiger partial charge in [-0.05, 0) is 32.9 Å². The SMILES string of the molecule is CC(C)(C)NC(=O)OC1CCN(C(=O)c2ccccc2)CC1. The zero-order valence-electron chi connectivity index (χ0n) is 13.5. The van der Waals surface area contributed by atoms with Crippen LogP contribution in [0.4, 0.5) is 4.79 Å². The average molecular weight is 304 g/mol. The maximum Gasteiger partial charge on any atom is 0.407 e. The summed E-state index contributed by atoms with van der Waals surface area (Å²) >= 11 is 0. The summed E-state index contributed by atoms with van der Waals surface area (Å²) in [5.74, 6) is 0.0400. The predicted octanol–water partition coefficient (Wildman–Crippen LogP) is 2.82. The molecule has 1 fully saturated rings. The zero-order valence-corrected chi connectivity index (χ0v) is 13.5. The summed E-state index contributed by atoms with van der Waals surface area (Å²) in [4.78, 5) is 25.9. The minimum absolute atomic E-state index is 0.0400. The molecule has 5 heteroatoms. The third kappa shape index (κ3) is 4.76. The second-order valence-electron chi connectivity index (χ2n) is 6.64. The Bertz CT molecular complexity index is 514. The van der Waals surface area contributed by atoms with Crippen LogP contribution in [0.5, 0.6) is 0 Å². The number of alkyl carbamates (subject to hydrolysis) is 1. The highest BCUT2D eigenvalue weighted by Crippen LogP contribution is 2.17. The zero-order chi connectivity index (χ0) is 16.2. The second-order valence-corrected chi connectivity index (χ2v) is 6.64. The minimum atomic E-state index is -0.389. The number of rotatable bonds is 2. The lowest BCUT2D eigenvalue weighted by molar-refractivity contribution is 0.0404. The summed E-state index contributed by atoms with van der Waals surface area (Å²) in [5, 5.41) is 2.78. The van der Waals surface area contributed by atoms with Crippen LogP contribution in [0.1, 0.15) is 44.0 Å². The van der Waals surface area contributed by atoms with Crippen LogP contribution in [-0.2, 0) is 4.74 Å². The van der Waals surface area contributed by atoms with Gasteiger partial charge >= 0.3 is 6.09 Å². The summed E-state index contributed by atoms with van der Waals surface area (Å²) in [6.07, 6.45) is 0.842. The first-order chi connectivity index (χ1) is 10.3. The lowest BCUT2D eigenvalue weighted by Gasteiger charge is -2.32. The van der Waals surface area contributed by atoms with E-state index in [0.717, 1.165) is 0 Å². The van der Waals surface area contributed by atoms with E-state index < -0.39 is 0 Å². The molecule has 120 valence electrons. The number of hydrogen-bond acceptors (Lipinski definition) is 3. The molecule has 0 spiro atoms. The number of benzene rings is 1. The van der Waals surface area contributed by atoms with Crippen molar-refractivity contribution in [3.63, 3.8) is 0 Å². The number of carbonyl (C=O) groups excluding carboxylic acids is 2. The van der Waals surface area contributed by atoms with Crippen LogP contribution in [0.15, 0.2) is 30.3 Å². The molecule has 0 unspecified atom stereocenters. The monoisotopic (exact) mass is 304 g/mol. The van der Waals surface area contributed by atoms with Gasteiger partial charge in [0, 0.05) is 37.0 Å². The summed E-state index contributed by atoms with van der Waals surface area (Å²) in [6, 6.07) is 9.26. The molecule has 0 atom stereocenters. The van der Waals surface area contributed by atoms with Crippen LogP contribution in [0.25, 0.3) is 0 Å². The Hall–Kier alpha value is -2.04. The fourth-order valence-corrected chi connectivity index (χ4v) is 2.43. The van der Waals surface area contributed by atoms with Crippen LogP contribution in [0, 0.1) is 0 Å². The number of carbonyl (C=O) groups is 2. The summed E-state index contributed by atoms with van der Waals surface area (Å²) in [5.41, 5.74) is 0.397. The van der Waals surface area contributed by atoms with E-state index in [4.69, 9.17) is 4.74 Å².